The molecule has 0 bridgehead atoms. The van der Waals surface area contributed by atoms with E-state index < -0.39 is 5.97 Å². The van der Waals surface area contributed by atoms with Crippen LogP contribution < -0.4 is 0 Å². The van der Waals surface area contributed by atoms with E-state index in [0.29, 0.717) is 5.69 Å². The van der Waals surface area contributed by atoms with Gasteiger partial charge >= 0.3 is 5.97 Å². The smallest absolute Gasteiger partial charge is 0.352 e. The van der Waals surface area contributed by atoms with Gasteiger partial charge in [-0.05, 0) is 48.5 Å². The Bertz CT molecular complexity index is 399. The van der Waals surface area contributed by atoms with Crippen molar-refractivity contribution in [3.05, 3.63) is 21.5 Å². The Hall–Kier alpha value is -0.560. The summed E-state index contributed by atoms with van der Waals surface area (Å²) < 4.78 is 2.80. The van der Waals surface area contributed by atoms with E-state index in [1.165, 1.54) is 12.8 Å². The number of aromatic nitrogens is 1. The minimum atomic E-state index is -0.850. The van der Waals surface area contributed by atoms with Crippen LogP contribution in [0, 0.1) is 3.57 Å². The highest BCUT2D eigenvalue weighted by molar-refractivity contribution is 14.1. The van der Waals surface area contributed by atoms with Crippen molar-refractivity contribution < 1.29 is 9.90 Å². The number of carboxylic acid groups (broad SMARTS) is 1. The first-order chi connectivity index (χ1) is 7.58. The standard InChI is InChI=1S/C11H15IN2O2/c1-13(9-2-3-9)4-5-14-7-8(12)6-10(14)11(15)16/h6-7,9H,2-5H2,1H3,(H,15,16). The highest BCUT2D eigenvalue weighted by Gasteiger charge is 2.25. The molecule has 1 saturated carbocycles. The molecule has 1 aromatic heterocycles. The molecular formula is C11H15IN2O2. The Kier molecular flexibility index (Phi) is 3.53. The largest absolute Gasteiger partial charge is 0.477 e. The summed E-state index contributed by atoms with van der Waals surface area (Å²) >= 11 is 2.14. The molecule has 0 radical (unpaired) electrons. The topological polar surface area (TPSA) is 45.5 Å². The molecule has 1 aliphatic carbocycles. The molecule has 5 heteroatoms. The van der Waals surface area contributed by atoms with Gasteiger partial charge in [-0.1, -0.05) is 0 Å². The van der Waals surface area contributed by atoms with Crippen LogP contribution in [-0.4, -0.2) is 40.2 Å². The van der Waals surface area contributed by atoms with E-state index in [1.54, 1.807) is 6.07 Å². The maximum Gasteiger partial charge on any atom is 0.352 e. The molecule has 0 amide bonds. The first kappa shape index (κ1) is 11.9. The van der Waals surface area contributed by atoms with Crippen molar-refractivity contribution in [3.8, 4) is 0 Å². The Morgan fingerprint density at radius 3 is 2.94 bits per heavy atom. The Balaban J connectivity index is 1.99. The second-order valence-corrected chi connectivity index (χ2v) is 5.50. The van der Waals surface area contributed by atoms with Crippen LogP contribution in [0.15, 0.2) is 12.3 Å². The summed E-state index contributed by atoms with van der Waals surface area (Å²) in [5.41, 5.74) is 0.383. The lowest BCUT2D eigenvalue weighted by Gasteiger charge is -2.16. The van der Waals surface area contributed by atoms with Crippen LogP contribution in [0.3, 0.4) is 0 Å². The predicted octanol–water partition coefficient (Wildman–Crippen LogP) is 1.89. The summed E-state index contributed by atoms with van der Waals surface area (Å²) in [6.07, 6.45) is 4.46. The van der Waals surface area contributed by atoms with Crippen LogP contribution in [0.2, 0.25) is 0 Å². The van der Waals surface area contributed by atoms with Gasteiger partial charge in [0.15, 0.2) is 0 Å². The van der Waals surface area contributed by atoms with Gasteiger partial charge in [-0.25, -0.2) is 4.79 Å². The molecule has 88 valence electrons. The van der Waals surface area contributed by atoms with Crippen LogP contribution >= 0.6 is 22.6 Å². The van der Waals surface area contributed by atoms with Crippen molar-refractivity contribution in [3.63, 3.8) is 0 Å². The molecule has 1 heterocycles. The average molecular weight is 334 g/mol. The number of hydrogen-bond acceptors (Lipinski definition) is 2. The quantitative estimate of drug-likeness (QED) is 0.837. The number of likely N-dealkylation sites (N-methyl/N-ethyl adjacent to an activating group) is 1. The highest BCUT2D eigenvalue weighted by atomic mass is 127. The number of halogens is 1. The second-order valence-electron chi connectivity index (χ2n) is 4.25. The van der Waals surface area contributed by atoms with E-state index in [2.05, 4.69) is 34.5 Å². The number of aromatic carboxylic acids is 1. The summed E-state index contributed by atoms with van der Waals surface area (Å²) in [5, 5.41) is 9.03. The summed E-state index contributed by atoms with van der Waals surface area (Å²) in [7, 11) is 2.10. The Labute approximate surface area is 108 Å². The van der Waals surface area contributed by atoms with Gasteiger partial charge in [0.2, 0.25) is 0 Å². The maximum absolute atomic E-state index is 11.0. The van der Waals surface area contributed by atoms with Crippen molar-refractivity contribution in [1.82, 2.24) is 9.47 Å². The number of nitrogens with zero attached hydrogens (tertiary/aromatic N) is 2. The van der Waals surface area contributed by atoms with Gasteiger partial charge < -0.3 is 14.6 Å². The van der Waals surface area contributed by atoms with Gasteiger partial charge in [0.1, 0.15) is 5.69 Å². The molecule has 0 atom stereocenters. The molecule has 0 spiro atoms. The molecule has 2 rings (SSSR count). The van der Waals surface area contributed by atoms with Crippen LogP contribution in [0.1, 0.15) is 23.3 Å². The summed E-state index contributed by atoms with van der Waals surface area (Å²) in [4.78, 5) is 13.3. The lowest BCUT2D eigenvalue weighted by Crippen LogP contribution is -2.26. The SMILES string of the molecule is CN(CCn1cc(I)cc1C(=O)O)C1CC1. The number of rotatable bonds is 5. The van der Waals surface area contributed by atoms with E-state index in [4.69, 9.17) is 5.11 Å². The maximum atomic E-state index is 11.0. The summed E-state index contributed by atoms with van der Waals surface area (Å²) in [6, 6.07) is 2.43. The van der Waals surface area contributed by atoms with E-state index in [0.717, 1.165) is 22.7 Å². The Morgan fingerprint density at radius 2 is 2.38 bits per heavy atom. The molecule has 1 aliphatic rings. The number of carboxylic acids is 1. The number of hydrogen-bond donors (Lipinski definition) is 1. The number of carbonyl (C=O) groups is 1. The third-order valence-electron chi connectivity index (χ3n) is 2.95. The molecule has 1 N–H and O–H groups in total. The zero-order chi connectivity index (χ0) is 11.7. The lowest BCUT2D eigenvalue weighted by atomic mass is 10.4. The van der Waals surface area contributed by atoms with E-state index in [9.17, 15) is 4.79 Å². The van der Waals surface area contributed by atoms with Crippen molar-refractivity contribution >= 4 is 28.6 Å². The second kappa shape index (κ2) is 4.75. The minimum Gasteiger partial charge on any atom is -0.477 e. The molecule has 0 unspecified atom stereocenters. The van der Waals surface area contributed by atoms with Gasteiger partial charge in [0, 0.05) is 28.9 Å². The Morgan fingerprint density at radius 1 is 1.69 bits per heavy atom. The van der Waals surface area contributed by atoms with Crippen LogP contribution in [0.5, 0.6) is 0 Å². The molecule has 1 fully saturated rings. The molecule has 0 saturated heterocycles. The molecule has 1 aromatic rings. The fourth-order valence-electron chi connectivity index (χ4n) is 1.80. The van der Waals surface area contributed by atoms with Crippen LogP contribution in [0.4, 0.5) is 0 Å². The third-order valence-corrected chi connectivity index (χ3v) is 3.54. The van der Waals surface area contributed by atoms with Gasteiger partial charge in [-0.2, -0.15) is 0 Å². The van der Waals surface area contributed by atoms with Crippen molar-refractivity contribution in [2.24, 2.45) is 0 Å². The van der Waals surface area contributed by atoms with Crippen LogP contribution in [-0.2, 0) is 6.54 Å². The van der Waals surface area contributed by atoms with Crippen molar-refractivity contribution in [2.75, 3.05) is 13.6 Å². The van der Waals surface area contributed by atoms with Gasteiger partial charge in [0.25, 0.3) is 0 Å². The molecular weight excluding hydrogens is 319 g/mol. The molecule has 16 heavy (non-hydrogen) atoms. The minimum absolute atomic E-state index is 0.383. The zero-order valence-electron chi connectivity index (χ0n) is 9.19. The van der Waals surface area contributed by atoms with Gasteiger partial charge in [-0.3, -0.25) is 0 Å². The van der Waals surface area contributed by atoms with Crippen LogP contribution in [0.25, 0.3) is 0 Å². The van der Waals surface area contributed by atoms with E-state index in [-0.39, 0.29) is 0 Å². The molecule has 4 nitrogen and oxygen atoms in total. The predicted molar refractivity (Wildman–Crippen MR) is 69.8 cm³/mol. The lowest BCUT2D eigenvalue weighted by molar-refractivity contribution is 0.0684. The van der Waals surface area contributed by atoms with Gasteiger partial charge in [0.05, 0.1) is 0 Å². The summed E-state index contributed by atoms with van der Waals surface area (Å²) in [6.45, 7) is 1.66. The first-order valence-electron chi connectivity index (χ1n) is 5.37. The van der Waals surface area contributed by atoms with Crippen molar-refractivity contribution in [1.29, 1.82) is 0 Å². The zero-order valence-corrected chi connectivity index (χ0v) is 11.3. The van der Waals surface area contributed by atoms with E-state index >= 15 is 0 Å². The highest BCUT2D eigenvalue weighted by Crippen LogP contribution is 2.25. The first-order valence-corrected chi connectivity index (χ1v) is 6.45. The fraction of sp³-hybridized carbons (Fsp3) is 0.545. The summed E-state index contributed by atoms with van der Waals surface area (Å²) in [5.74, 6) is -0.850. The van der Waals surface area contributed by atoms with Gasteiger partial charge in [-0.15, -0.1) is 0 Å². The fourth-order valence-corrected chi connectivity index (χ4v) is 2.43. The monoisotopic (exact) mass is 334 g/mol. The molecule has 0 aliphatic heterocycles. The average Bonchev–Trinajstić information content (AvgIpc) is 2.99. The van der Waals surface area contributed by atoms with Crippen molar-refractivity contribution in [2.45, 2.75) is 25.4 Å². The normalized spacial score (nSPS) is 15.7. The molecule has 0 aromatic carbocycles. The van der Waals surface area contributed by atoms with E-state index in [1.807, 2.05) is 10.8 Å². The third kappa shape index (κ3) is 2.76.